The lowest BCUT2D eigenvalue weighted by molar-refractivity contribution is -0.131. The Hall–Kier alpha value is -1.03. The largest absolute Gasteiger partial charge is 0.478 e. The van der Waals surface area contributed by atoms with Gasteiger partial charge >= 0.3 is 5.97 Å². The molecule has 8 heteroatoms. The van der Waals surface area contributed by atoms with E-state index in [1.165, 1.54) is 0 Å². The van der Waals surface area contributed by atoms with E-state index in [2.05, 4.69) is 6.58 Å². The van der Waals surface area contributed by atoms with Crippen molar-refractivity contribution in [2.75, 3.05) is 66.1 Å². The Morgan fingerprint density at radius 2 is 1.22 bits per heavy atom. The molecule has 2 fully saturated rings. The van der Waals surface area contributed by atoms with Gasteiger partial charge in [-0.05, 0) is 0 Å². The maximum absolute atomic E-state index is 9.25. The number of hydrogen-bond donors (Lipinski definition) is 1. The number of carbonyl (C=O) groups is 1. The van der Waals surface area contributed by atoms with Gasteiger partial charge in [-0.15, -0.1) is 0 Å². The first-order valence-electron chi connectivity index (χ1n) is 7.62. The molecule has 2 unspecified atom stereocenters. The molecule has 2 rings (SSSR count). The third-order valence-electron chi connectivity index (χ3n) is 2.70. The first kappa shape index (κ1) is 20.0. The minimum Gasteiger partial charge on any atom is -0.478 e. The zero-order valence-electron chi connectivity index (χ0n) is 13.3. The summed E-state index contributed by atoms with van der Waals surface area (Å²) in [6.45, 7) is 9.62. The molecule has 0 amide bonds. The third kappa shape index (κ3) is 15.6. The van der Waals surface area contributed by atoms with Crippen LogP contribution in [-0.4, -0.2) is 89.4 Å². The lowest BCUT2D eigenvalue weighted by Gasteiger charge is -2.06. The lowest BCUT2D eigenvalue weighted by atomic mass is 10.5. The summed E-state index contributed by atoms with van der Waals surface area (Å²) in [5, 5.41) is 7.60. The molecule has 0 spiro atoms. The maximum Gasteiger partial charge on any atom is 0.327 e. The van der Waals surface area contributed by atoms with Crippen LogP contribution in [0.2, 0.25) is 0 Å². The van der Waals surface area contributed by atoms with Gasteiger partial charge in [-0.2, -0.15) is 0 Å². The van der Waals surface area contributed by atoms with Gasteiger partial charge in [0.2, 0.25) is 0 Å². The molecule has 0 aromatic rings. The maximum atomic E-state index is 9.25. The molecule has 2 saturated heterocycles. The minimum absolute atomic E-state index is 0.328. The van der Waals surface area contributed by atoms with Crippen molar-refractivity contribution in [3.8, 4) is 0 Å². The lowest BCUT2D eigenvalue weighted by Crippen LogP contribution is -2.13. The van der Waals surface area contributed by atoms with Crippen LogP contribution in [0.5, 0.6) is 0 Å². The number of aliphatic carboxylic acids is 1. The predicted octanol–water partition coefficient (Wildman–Crippen LogP) is 0.107. The number of carboxylic acids is 1. The van der Waals surface area contributed by atoms with Crippen molar-refractivity contribution in [1.82, 2.24) is 0 Å². The summed E-state index contributed by atoms with van der Waals surface area (Å²) in [7, 11) is 0. The van der Waals surface area contributed by atoms with E-state index in [-0.39, 0.29) is 0 Å². The quantitative estimate of drug-likeness (QED) is 0.271. The summed E-state index contributed by atoms with van der Waals surface area (Å²) in [5.74, 6) is -0.981. The Bertz CT molecular complexity index is 293. The van der Waals surface area contributed by atoms with E-state index >= 15 is 0 Å². The summed E-state index contributed by atoms with van der Waals surface area (Å²) in [6, 6.07) is 0. The topological polar surface area (TPSA) is 99.3 Å². The first-order chi connectivity index (χ1) is 11.2. The number of hydrogen-bond acceptors (Lipinski definition) is 7. The summed E-state index contributed by atoms with van der Waals surface area (Å²) in [5.41, 5.74) is 0. The minimum atomic E-state index is -0.981. The highest BCUT2D eigenvalue weighted by molar-refractivity contribution is 5.78. The molecule has 0 bridgehead atoms. The Morgan fingerprint density at radius 1 is 0.913 bits per heavy atom. The van der Waals surface area contributed by atoms with Gasteiger partial charge in [0.1, 0.15) is 12.2 Å². The highest BCUT2D eigenvalue weighted by Gasteiger charge is 2.22. The Labute approximate surface area is 136 Å². The average molecular weight is 334 g/mol. The SMILES string of the molecule is C(COCCOCC1CO1)OCCOCC1CO1.C=CC(=O)O. The zero-order valence-corrected chi connectivity index (χ0v) is 13.3. The predicted molar refractivity (Wildman–Crippen MR) is 80.6 cm³/mol. The molecule has 1 N–H and O–H groups in total. The number of ether oxygens (including phenoxy) is 6. The number of rotatable bonds is 14. The van der Waals surface area contributed by atoms with Crippen molar-refractivity contribution in [2.24, 2.45) is 0 Å². The first-order valence-corrected chi connectivity index (χ1v) is 7.62. The van der Waals surface area contributed by atoms with E-state index in [1.54, 1.807) is 0 Å². The van der Waals surface area contributed by atoms with Crippen molar-refractivity contribution in [3.05, 3.63) is 12.7 Å². The van der Waals surface area contributed by atoms with Crippen molar-refractivity contribution in [2.45, 2.75) is 12.2 Å². The fraction of sp³-hybridized carbons (Fsp3) is 0.800. The molecule has 8 nitrogen and oxygen atoms in total. The standard InChI is InChI=1S/C12H22O6.C3H4O2/c1(13-3-5-15-7-11-9-17-11)2-14-4-6-16-8-12-10-18-12;1-2-3(4)5/h11-12H,1-10H2;2H,1H2,(H,4,5). The summed E-state index contributed by atoms with van der Waals surface area (Å²) >= 11 is 0. The second-order valence-corrected chi connectivity index (χ2v) is 4.83. The van der Waals surface area contributed by atoms with E-state index in [0.717, 1.165) is 19.3 Å². The van der Waals surface area contributed by atoms with Gasteiger partial charge in [-0.1, -0.05) is 6.58 Å². The van der Waals surface area contributed by atoms with Gasteiger partial charge in [-0.25, -0.2) is 4.79 Å². The van der Waals surface area contributed by atoms with Gasteiger partial charge in [0.25, 0.3) is 0 Å². The van der Waals surface area contributed by atoms with E-state index < -0.39 is 5.97 Å². The second kappa shape index (κ2) is 13.4. The van der Waals surface area contributed by atoms with Gasteiger partial charge in [0.05, 0.1) is 66.1 Å². The molecular formula is C15H26O8. The van der Waals surface area contributed by atoms with E-state index in [0.29, 0.717) is 65.1 Å². The third-order valence-corrected chi connectivity index (χ3v) is 2.70. The molecule has 2 atom stereocenters. The Balaban J connectivity index is 0.000000463. The summed E-state index contributed by atoms with van der Waals surface area (Å²) in [4.78, 5) is 9.25. The molecule has 0 aliphatic carbocycles. The molecule has 23 heavy (non-hydrogen) atoms. The van der Waals surface area contributed by atoms with Crippen LogP contribution in [0.3, 0.4) is 0 Å². The van der Waals surface area contributed by atoms with Crippen molar-refractivity contribution in [3.63, 3.8) is 0 Å². The molecule has 0 radical (unpaired) electrons. The zero-order chi connectivity index (χ0) is 16.8. The molecular weight excluding hydrogens is 308 g/mol. The fourth-order valence-corrected chi connectivity index (χ4v) is 1.32. The summed E-state index contributed by atoms with van der Waals surface area (Å²) in [6.07, 6.45) is 1.49. The Morgan fingerprint density at radius 3 is 1.48 bits per heavy atom. The fourth-order valence-electron chi connectivity index (χ4n) is 1.32. The highest BCUT2D eigenvalue weighted by atomic mass is 16.6. The van der Waals surface area contributed by atoms with Crippen molar-refractivity contribution < 1.29 is 38.3 Å². The van der Waals surface area contributed by atoms with Gasteiger partial charge in [0.15, 0.2) is 0 Å². The average Bonchev–Trinajstić information content (AvgIpc) is 3.43. The van der Waals surface area contributed by atoms with Crippen LogP contribution in [-0.2, 0) is 33.2 Å². The van der Waals surface area contributed by atoms with Crippen LogP contribution in [0.4, 0.5) is 0 Å². The van der Waals surface area contributed by atoms with Gasteiger partial charge in [0, 0.05) is 6.08 Å². The Kier molecular flexibility index (Phi) is 11.7. The van der Waals surface area contributed by atoms with Crippen LogP contribution in [0.15, 0.2) is 12.7 Å². The molecule has 134 valence electrons. The molecule has 2 aliphatic rings. The molecule has 0 aromatic carbocycles. The van der Waals surface area contributed by atoms with Crippen LogP contribution in [0, 0.1) is 0 Å². The normalized spacial score (nSPS) is 21.2. The van der Waals surface area contributed by atoms with Crippen LogP contribution in [0.25, 0.3) is 0 Å². The van der Waals surface area contributed by atoms with E-state index in [4.69, 9.17) is 33.5 Å². The van der Waals surface area contributed by atoms with E-state index in [9.17, 15) is 4.79 Å². The summed E-state index contributed by atoms with van der Waals surface area (Å²) < 4.78 is 31.4. The van der Waals surface area contributed by atoms with Crippen molar-refractivity contribution >= 4 is 5.97 Å². The van der Waals surface area contributed by atoms with Gasteiger partial charge in [-0.3, -0.25) is 0 Å². The molecule has 2 aliphatic heterocycles. The molecule has 0 aromatic heterocycles. The van der Waals surface area contributed by atoms with E-state index in [1.807, 2.05) is 0 Å². The number of carboxylic acid groups (broad SMARTS) is 1. The van der Waals surface area contributed by atoms with Crippen molar-refractivity contribution in [1.29, 1.82) is 0 Å². The highest BCUT2D eigenvalue weighted by Crippen LogP contribution is 2.08. The van der Waals surface area contributed by atoms with Gasteiger partial charge < -0.3 is 33.5 Å². The van der Waals surface area contributed by atoms with Crippen LogP contribution >= 0.6 is 0 Å². The van der Waals surface area contributed by atoms with Crippen LogP contribution in [0.1, 0.15) is 0 Å². The van der Waals surface area contributed by atoms with Crippen LogP contribution < -0.4 is 0 Å². The number of epoxide rings is 2. The molecule has 2 heterocycles. The second-order valence-electron chi connectivity index (χ2n) is 4.83. The monoisotopic (exact) mass is 334 g/mol. The molecule has 0 saturated carbocycles. The smallest absolute Gasteiger partial charge is 0.327 e.